The van der Waals surface area contributed by atoms with Gasteiger partial charge in [0.05, 0.1) is 0 Å². The van der Waals surface area contributed by atoms with E-state index >= 15 is 0 Å². The first-order chi connectivity index (χ1) is 14.6. The number of nitrogens with one attached hydrogen (secondary N) is 2. The first kappa shape index (κ1) is 19.8. The van der Waals surface area contributed by atoms with E-state index in [-0.39, 0.29) is 16.9 Å². The lowest BCUT2D eigenvalue weighted by atomic mass is 10.1. The zero-order chi connectivity index (χ0) is 20.9. The fraction of sp³-hybridized carbons (Fsp3) is 0.227. The van der Waals surface area contributed by atoms with Gasteiger partial charge in [-0.3, -0.25) is 14.5 Å². The highest BCUT2D eigenvalue weighted by molar-refractivity contribution is 6.07. The normalized spacial score (nSPS) is 13.9. The molecule has 2 amide bonds. The standard InChI is InChI=1S/C22H21FN4O3/c23-17-9-16(10-18(11-17)25-22(29)20-13-30-14-24-20)21(28)26-19-6-2-1-5-15(19)12-27-7-3-4-8-27/h1-2,5-6,9-11,13-14H,3-4,7-8,12H2,(H,25,29)(H,26,28). The van der Waals surface area contributed by atoms with Gasteiger partial charge in [0.25, 0.3) is 11.8 Å². The Morgan fingerprint density at radius 2 is 1.87 bits per heavy atom. The molecule has 0 atom stereocenters. The second-order valence-corrected chi connectivity index (χ2v) is 7.15. The molecule has 0 saturated carbocycles. The van der Waals surface area contributed by atoms with Crippen LogP contribution in [0.25, 0.3) is 0 Å². The summed E-state index contributed by atoms with van der Waals surface area (Å²) >= 11 is 0. The van der Waals surface area contributed by atoms with Crippen LogP contribution in [0.15, 0.2) is 59.5 Å². The summed E-state index contributed by atoms with van der Waals surface area (Å²) in [6.07, 6.45) is 4.67. The molecule has 2 aromatic carbocycles. The highest BCUT2D eigenvalue weighted by Crippen LogP contribution is 2.22. The van der Waals surface area contributed by atoms with Crippen molar-refractivity contribution in [1.29, 1.82) is 0 Å². The number of carbonyl (C=O) groups is 2. The Balaban J connectivity index is 1.50. The van der Waals surface area contributed by atoms with Crippen molar-refractivity contribution < 1.29 is 18.4 Å². The lowest BCUT2D eigenvalue weighted by Gasteiger charge is -2.18. The summed E-state index contributed by atoms with van der Waals surface area (Å²) < 4.78 is 18.9. The van der Waals surface area contributed by atoms with Crippen molar-refractivity contribution in [2.45, 2.75) is 19.4 Å². The molecule has 30 heavy (non-hydrogen) atoms. The molecule has 1 aliphatic heterocycles. The Hall–Kier alpha value is -3.52. The van der Waals surface area contributed by atoms with Gasteiger partial charge in [0.15, 0.2) is 12.1 Å². The molecule has 0 aliphatic carbocycles. The Morgan fingerprint density at radius 3 is 2.63 bits per heavy atom. The highest BCUT2D eigenvalue weighted by Gasteiger charge is 2.17. The number of amides is 2. The van der Waals surface area contributed by atoms with Gasteiger partial charge in [-0.05, 0) is 55.8 Å². The number of oxazole rings is 1. The molecular weight excluding hydrogens is 387 g/mol. The van der Waals surface area contributed by atoms with E-state index in [1.54, 1.807) is 0 Å². The predicted molar refractivity (Wildman–Crippen MR) is 110 cm³/mol. The first-order valence-electron chi connectivity index (χ1n) is 9.70. The molecule has 3 aromatic rings. The number of likely N-dealkylation sites (tertiary alicyclic amines) is 1. The lowest BCUT2D eigenvalue weighted by Crippen LogP contribution is -2.20. The van der Waals surface area contributed by atoms with E-state index < -0.39 is 17.6 Å². The molecule has 1 aromatic heterocycles. The van der Waals surface area contributed by atoms with E-state index in [4.69, 9.17) is 4.42 Å². The average Bonchev–Trinajstić information content (AvgIpc) is 3.43. The smallest absolute Gasteiger partial charge is 0.277 e. The quantitative estimate of drug-likeness (QED) is 0.646. The number of rotatable bonds is 6. The van der Waals surface area contributed by atoms with Gasteiger partial charge in [0.1, 0.15) is 12.1 Å². The Labute approximate surface area is 172 Å². The van der Waals surface area contributed by atoms with E-state index in [9.17, 15) is 14.0 Å². The summed E-state index contributed by atoms with van der Waals surface area (Å²) in [4.78, 5) is 31.0. The van der Waals surface area contributed by atoms with Crippen molar-refractivity contribution in [2.24, 2.45) is 0 Å². The third kappa shape index (κ3) is 4.72. The summed E-state index contributed by atoms with van der Waals surface area (Å²) in [7, 11) is 0. The zero-order valence-electron chi connectivity index (χ0n) is 16.2. The molecule has 1 aliphatic rings. The Kier molecular flexibility index (Phi) is 5.85. The monoisotopic (exact) mass is 408 g/mol. The van der Waals surface area contributed by atoms with Gasteiger partial charge in [-0.2, -0.15) is 0 Å². The number of aromatic nitrogens is 1. The molecule has 0 bridgehead atoms. The number of benzene rings is 2. The summed E-state index contributed by atoms with van der Waals surface area (Å²) in [6, 6.07) is 11.3. The zero-order valence-corrected chi connectivity index (χ0v) is 16.2. The molecule has 1 fully saturated rings. The van der Waals surface area contributed by atoms with Crippen LogP contribution in [0.3, 0.4) is 0 Å². The second-order valence-electron chi connectivity index (χ2n) is 7.15. The van der Waals surface area contributed by atoms with E-state index in [0.29, 0.717) is 5.69 Å². The fourth-order valence-corrected chi connectivity index (χ4v) is 3.47. The fourth-order valence-electron chi connectivity index (χ4n) is 3.47. The van der Waals surface area contributed by atoms with Gasteiger partial charge in [0, 0.05) is 23.5 Å². The van der Waals surface area contributed by atoms with Crippen LogP contribution >= 0.6 is 0 Å². The maximum atomic E-state index is 14.1. The van der Waals surface area contributed by atoms with Gasteiger partial charge in [-0.1, -0.05) is 18.2 Å². The number of hydrogen-bond acceptors (Lipinski definition) is 5. The van der Waals surface area contributed by atoms with Gasteiger partial charge < -0.3 is 15.1 Å². The molecular formula is C22H21FN4O3. The molecule has 154 valence electrons. The molecule has 2 heterocycles. The number of halogens is 1. The van der Waals surface area contributed by atoms with E-state index in [1.165, 1.54) is 25.2 Å². The van der Waals surface area contributed by atoms with Crippen LogP contribution in [0.4, 0.5) is 15.8 Å². The minimum absolute atomic E-state index is 0.0566. The van der Waals surface area contributed by atoms with Crippen molar-refractivity contribution in [3.8, 4) is 0 Å². The van der Waals surface area contributed by atoms with E-state index in [0.717, 1.165) is 43.7 Å². The molecule has 0 radical (unpaired) electrons. The molecule has 0 unspecified atom stereocenters. The third-order valence-electron chi connectivity index (χ3n) is 4.94. The van der Waals surface area contributed by atoms with Crippen molar-refractivity contribution in [2.75, 3.05) is 23.7 Å². The summed E-state index contributed by atoms with van der Waals surface area (Å²) in [5.74, 6) is -1.65. The van der Waals surface area contributed by atoms with Crippen LogP contribution in [0.5, 0.6) is 0 Å². The average molecular weight is 408 g/mol. The number of para-hydroxylation sites is 1. The van der Waals surface area contributed by atoms with Gasteiger partial charge >= 0.3 is 0 Å². The van der Waals surface area contributed by atoms with Gasteiger partial charge in [0.2, 0.25) is 0 Å². The SMILES string of the molecule is O=C(Nc1ccccc1CN1CCCC1)c1cc(F)cc(NC(=O)c2cocn2)c1. The van der Waals surface area contributed by atoms with Crippen LogP contribution in [0, 0.1) is 5.82 Å². The largest absolute Gasteiger partial charge is 0.451 e. The first-order valence-corrected chi connectivity index (χ1v) is 9.70. The lowest BCUT2D eigenvalue weighted by molar-refractivity contribution is 0.101. The minimum Gasteiger partial charge on any atom is -0.451 e. The Bertz CT molecular complexity index is 1050. The van der Waals surface area contributed by atoms with Crippen LogP contribution in [-0.2, 0) is 6.54 Å². The molecule has 7 nitrogen and oxygen atoms in total. The highest BCUT2D eigenvalue weighted by atomic mass is 19.1. The minimum atomic E-state index is -0.636. The van der Waals surface area contributed by atoms with Gasteiger partial charge in [-0.25, -0.2) is 9.37 Å². The van der Waals surface area contributed by atoms with E-state index in [2.05, 4.69) is 20.5 Å². The number of anilines is 2. The maximum Gasteiger partial charge on any atom is 0.277 e. The maximum absolute atomic E-state index is 14.1. The van der Waals surface area contributed by atoms with Crippen molar-refractivity contribution in [1.82, 2.24) is 9.88 Å². The van der Waals surface area contributed by atoms with Gasteiger partial charge in [-0.15, -0.1) is 0 Å². The third-order valence-corrected chi connectivity index (χ3v) is 4.94. The van der Waals surface area contributed by atoms with E-state index in [1.807, 2.05) is 24.3 Å². The molecule has 2 N–H and O–H groups in total. The van der Waals surface area contributed by atoms with Crippen LogP contribution in [0.1, 0.15) is 39.3 Å². The summed E-state index contributed by atoms with van der Waals surface area (Å²) in [6.45, 7) is 2.83. The topological polar surface area (TPSA) is 87.5 Å². The molecule has 0 spiro atoms. The molecule has 1 saturated heterocycles. The van der Waals surface area contributed by atoms with Crippen molar-refractivity contribution in [3.63, 3.8) is 0 Å². The van der Waals surface area contributed by atoms with Crippen molar-refractivity contribution in [3.05, 3.63) is 77.8 Å². The second kappa shape index (κ2) is 8.87. The number of carbonyl (C=O) groups excluding carboxylic acids is 2. The van der Waals surface area contributed by atoms with Crippen molar-refractivity contribution >= 4 is 23.2 Å². The summed E-state index contributed by atoms with van der Waals surface area (Å²) in [5.41, 5.74) is 2.00. The Morgan fingerprint density at radius 1 is 1.07 bits per heavy atom. The van der Waals surface area contributed by atoms with Crippen LogP contribution in [-0.4, -0.2) is 34.8 Å². The number of hydrogen-bond donors (Lipinski definition) is 2. The van der Waals surface area contributed by atoms with Crippen LogP contribution in [0.2, 0.25) is 0 Å². The summed E-state index contributed by atoms with van der Waals surface area (Å²) in [5, 5.41) is 5.38. The van der Waals surface area contributed by atoms with Crippen LogP contribution < -0.4 is 10.6 Å². The molecule has 4 rings (SSSR count). The number of nitrogens with zero attached hydrogens (tertiary/aromatic N) is 2. The molecule has 8 heteroatoms. The predicted octanol–water partition coefficient (Wildman–Crippen LogP) is 3.91.